The van der Waals surface area contributed by atoms with Gasteiger partial charge in [-0.1, -0.05) is 6.07 Å². The molecule has 7 N–H and O–H groups in total. The molecule has 4 rings (SSSR count). The molecule has 0 bridgehead atoms. The normalized spacial score (nSPS) is 13.8. The zero-order chi connectivity index (χ0) is 23.0. The SMILES string of the molecule is COc1c(Nc2cc(NC(=O)C3CC3)nc3[nH]n(C)c(=O)c23)cccc1/C(N)=N/N(C)N. The number of nitrogens with two attached hydrogens (primary N) is 2. The van der Waals surface area contributed by atoms with E-state index in [4.69, 9.17) is 16.3 Å². The number of hydrazine groups is 1. The number of pyridine rings is 1. The third-order valence-electron chi connectivity index (χ3n) is 5.04. The number of para-hydroxylation sites is 1. The van der Waals surface area contributed by atoms with Gasteiger partial charge in [0.25, 0.3) is 5.56 Å². The number of aryl methyl sites for hydroxylation is 1. The lowest BCUT2D eigenvalue weighted by Gasteiger charge is -2.16. The van der Waals surface area contributed by atoms with Gasteiger partial charge in [0.2, 0.25) is 5.91 Å². The van der Waals surface area contributed by atoms with Crippen molar-refractivity contribution in [2.24, 2.45) is 29.6 Å². The second-order valence-electron chi connectivity index (χ2n) is 7.59. The number of anilines is 3. The fourth-order valence-electron chi connectivity index (χ4n) is 3.38. The molecule has 1 amide bonds. The van der Waals surface area contributed by atoms with Gasteiger partial charge in [-0.25, -0.2) is 15.9 Å². The Morgan fingerprint density at radius 1 is 1.38 bits per heavy atom. The van der Waals surface area contributed by atoms with Crippen LogP contribution in [0, 0.1) is 5.92 Å². The number of amidine groups is 1. The Kier molecular flexibility index (Phi) is 5.45. The van der Waals surface area contributed by atoms with Gasteiger partial charge in [-0.05, 0) is 25.0 Å². The molecule has 168 valence electrons. The molecular weight excluding hydrogens is 414 g/mol. The highest BCUT2D eigenvalue weighted by Crippen LogP contribution is 2.34. The Balaban J connectivity index is 1.80. The number of aromatic amines is 1. The fourth-order valence-corrected chi connectivity index (χ4v) is 3.38. The third kappa shape index (κ3) is 4.07. The first-order valence-electron chi connectivity index (χ1n) is 9.96. The fraction of sp³-hybridized carbons (Fsp3) is 0.300. The van der Waals surface area contributed by atoms with Crippen LogP contribution in [0.4, 0.5) is 17.2 Å². The zero-order valence-corrected chi connectivity index (χ0v) is 18.0. The van der Waals surface area contributed by atoms with Gasteiger partial charge < -0.3 is 21.1 Å². The summed E-state index contributed by atoms with van der Waals surface area (Å²) in [5.41, 5.74) is 7.65. The smallest absolute Gasteiger partial charge is 0.277 e. The summed E-state index contributed by atoms with van der Waals surface area (Å²) >= 11 is 0. The molecule has 0 atom stereocenters. The molecule has 0 aliphatic heterocycles. The van der Waals surface area contributed by atoms with Gasteiger partial charge >= 0.3 is 0 Å². The Bertz CT molecular complexity index is 1270. The maximum Gasteiger partial charge on any atom is 0.277 e. The number of benzene rings is 1. The van der Waals surface area contributed by atoms with Crippen LogP contribution in [0.2, 0.25) is 0 Å². The molecule has 32 heavy (non-hydrogen) atoms. The average Bonchev–Trinajstić information content (AvgIpc) is 3.54. The van der Waals surface area contributed by atoms with E-state index in [0.29, 0.717) is 39.5 Å². The summed E-state index contributed by atoms with van der Waals surface area (Å²) < 4.78 is 6.90. The number of carbonyl (C=O) groups excluding carboxylic acids is 1. The summed E-state index contributed by atoms with van der Waals surface area (Å²) in [6, 6.07) is 6.90. The van der Waals surface area contributed by atoms with Crippen LogP contribution in [0.1, 0.15) is 18.4 Å². The van der Waals surface area contributed by atoms with Crippen LogP contribution < -0.4 is 32.5 Å². The molecule has 1 saturated carbocycles. The van der Waals surface area contributed by atoms with Crippen LogP contribution in [-0.4, -0.2) is 45.8 Å². The lowest BCUT2D eigenvalue weighted by molar-refractivity contribution is -0.117. The maximum atomic E-state index is 12.7. The molecule has 1 fully saturated rings. The summed E-state index contributed by atoms with van der Waals surface area (Å²) in [5.74, 6) is 6.40. The quantitative estimate of drug-likeness (QED) is 0.156. The summed E-state index contributed by atoms with van der Waals surface area (Å²) in [5, 5.41) is 14.4. The first kappa shape index (κ1) is 21.2. The standard InChI is InChI=1S/C20H25N9O3/c1-28-20(31)15-13(9-14(24-18(15)27-28)25-19(30)10-7-8-10)23-12-6-4-5-11(16(12)32-3)17(21)26-29(2)22/h4-6,9-10H,7-8,22H2,1-3H3,(H2,21,26)(H3,23,24,25,27,30). The topological polar surface area (TPSA) is 169 Å². The number of methoxy groups -OCH3 is 1. The van der Waals surface area contributed by atoms with E-state index in [-0.39, 0.29) is 23.2 Å². The molecule has 2 aromatic heterocycles. The van der Waals surface area contributed by atoms with E-state index in [1.165, 1.54) is 11.8 Å². The minimum absolute atomic E-state index is 0.0124. The van der Waals surface area contributed by atoms with Crippen molar-refractivity contribution in [3.05, 3.63) is 40.2 Å². The van der Waals surface area contributed by atoms with Gasteiger partial charge in [-0.2, -0.15) is 0 Å². The second-order valence-corrected chi connectivity index (χ2v) is 7.59. The number of carbonyl (C=O) groups is 1. The molecular formula is C20H25N9O3. The Labute approximate surface area is 183 Å². The van der Waals surface area contributed by atoms with Gasteiger partial charge in [0.05, 0.1) is 24.0 Å². The largest absolute Gasteiger partial charge is 0.494 e. The minimum atomic E-state index is -0.268. The van der Waals surface area contributed by atoms with Gasteiger partial charge in [0.1, 0.15) is 11.2 Å². The van der Waals surface area contributed by atoms with Crippen molar-refractivity contribution >= 4 is 40.0 Å². The number of nitrogens with zero attached hydrogens (tertiary/aromatic N) is 4. The van der Waals surface area contributed by atoms with Crippen LogP contribution in [0.5, 0.6) is 5.75 Å². The van der Waals surface area contributed by atoms with Crippen molar-refractivity contribution in [3.63, 3.8) is 0 Å². The van der Waals surface area contributed by atoms with Crippen molar-refractivity contribution in [3.8, 4) is 5.75 Å². The number of nitrogens with one attached hydrogen (secondary N) is 3. The molecule has 0 spiro atoms. The number of hydrogen-bond acceptors (Lipinski definition) is 8. The van der Waals surface area contributed by atoms with Crippen LogP contribution in [0.15, 0.2) is 34.2 Å². The van der Waals surface area contributed by atoms with E-state index in [0.717, 1.165) is 18.0 Å². The molecule has 12 nitrogen and oxygen atoms in total. The van der Waals surface area contributed by atoms with Crippen molar-refractivity contribution in [1.82, 2.24) is 19.9 Å². The van der Waals surface area contributed by atoms with E-state index >= 15 is 0 Å². The highest BCUT2D eigenvalue weighted by molar-refractivity contribution is 6.03. The summed E-state index contributed by atoms with van der Waals surface area (Å²) in [6.45, 7) is 0. The Morgan fingerprint density at radius 3 is 2.78 bits per heavy atom. The van der Waals surface area contributed by atoms with E-state index in [2.05, 4.69) is 25.8 Å². The number of rotatable bonds is 7. The van der Waals surface area contributed by atoms with Gasteiger partial charge in [0.15, 0.2) is 17.2 Å². The van der Waals surface area contributed by atoms with Crippen LogP contribution in [0.25, 0.3) is 11.0 Å². The molecule has 0 saturated heterocycles. The lowest BCUT2D eigenvalue weighted by Crippen LogP contribution is -2.26. The number of aromatic nitrogens is 3. The molecule has 0 unspecified atom stereocenters. The predicted octanol–water partition coefficient (Wildman–Crippen LogP) is 0.788. The predicted molar refractivity (Wildman–Crippen MR) is 122 cm³/mol. The minimum Gasteiger partial charge on any atom is -0.494 e. The second kappa shape index (κ2) is 8.23. The van der Waals surface area contributed by atoms with Gasteiger partial charge in [0, 0.05) is 26.1 Å². The molecule has 3 aromatic rings. The van der Waals surface area contributed by atoms with Crippen molar-refractivity contribution in [2.45, 2.75) is 12.8 Å². The molecule has 0 radical (unpaired) electrons. The number of amides is 1. The average molecular weight is 439 g/mol. The van der Waals surface area contributed by atoms with E-state index in [1.54, 1.807) is 38.4 Å². The number of hydrazone groups is 1. The summed E-state index contributed by atoms with van der Waals surface area (Å²) in [4.78, 5) is 29.4. The van der Waals surface area contributed by atoms with Crippen LogP contribution in [0.3, 0.4) is 0 Å². The molecule has 2 heterocycles. The van der Waals surface area contributed by atoms with Crippen LogP contribution in [-0.2, 0) is 11.8 Å². The lowest BCUT2D eigenvalue weighted by atomic mass is 10.1. The summed E-state index contributed by atoms with van der Waals surface area (Å²) in [6.07, 6.45) is 1.73. The zero-order valence-electron chi connectivity index (χ0n) is 18.0. The monoisotopic (exact) mass is 439 g/mol. The first-order chi connectivity index (χ1) is 15.3. The Morgan fingerprint density at radius 2 is 2.12 bits per heavy atom. The van der Waals surface area contributed by atoms with E-state index in [1.807, 2.05) is 0 Å². The molecule has 1 aromatic carbocycles. The van der Waals surface area contributed by atoms with Gasteiger partial charge in [-0.3, -0.25) is 19.4 Å². The number of fused-ring (bicyclic) bond motifs is 1. The molecule has 1 aliphatic carbocycles. The highest BCUT2D eigenvalue weighted by atomic mass is 16.5. The number of ether oxygens (including phenoxy) is 1. The van der Waals surface area contributed by atoms with Crippen molar-refractivity contribution in [1.29, 1.82) is 0 Å². The third-order valence-corrected chi connectivity index (χ3v) is 5.04. The molecule has 12 heteroatoms. The van der Waals surface area contributed by atoms with Gasteiger partial charge in [-0.15, -0.1) is 5.10 Å². The van der Waals surface area contributed by atoms with Crippen molar-refractivity contribution in [2.75, 3.05) is 24.8 Å². The summed E-state index contributed by atoms with van der Waals surface area (Å²) in [7, 11) is 4.65. The maximum absolute atomic E-state index is 12.7. The number of H-pyrrole nitrogens is 1. The highest BCUT2D eigenvalue weighted by Gasteiger charge is 2.30. The Hall–Kier alpha value is -4.06. The molecule has 1 aliphatic rings. The number of hydrogen-bond donors (Lipinski definition) is 5. The van der Waals surface area contributed by atoms with E-state index < -0.39 is 0 Å². The first-order valence-corrected chi connectivity index (χ1v) is 9.96. The van der Waals surface area contributed by atoms with Crippen molar-refractivity contribution < 1.29 is 9.53 Å². The van der Waals surface area contributed by atoms with E-state index in [9.17, 15) is 9.59 Å². The van der Waals surface area contributed by atoms with Crippen LogP contribution >= 0.6 is 0 Å².